The van der Waals surface area contributed by atoms with Gasteiger partial charge in [0.2, 0.25) is 0 Å². The molecule has 0 radical (unpaired) electrons. The van der Waals surface area contributed by atoms with Crippen LogP contribution in [0.4, 0.5) is 0 Å². The maximum Gasteiger partial charge on any atom is 0.343 e. The van der Waals surface area contributed by atoms with Crippen molar-refractivity contribution < 1.29 is 19.0 Å². The van der Waals surface area contributed by atoms with Crippen LogP contribution in [0, 0.1) is 5.41 Å². The molecular weight excluding hydrogens is 444 g/mol. The summed E-state index contributed by atoms with van der Waals surface area (Å²) >= 11 is 0. The fraction of sp³-hybridized carbons (Fsp3) is 0.571. The first kappa shape index (κ1) is 25.3. The third-order valence-electron chi connectivity index (χ3n) is 7.06. The predicted octanol–water partition coefficient (Wildman–Crippen LogP) is 4.71. The van der Waals surface area contributed by atoms with E-state index in [1.807, 2.05) is 6.07 Å². The topological polar surface area (TPSA) is 70.0 Å². The summed E-state index contributed by atoms with van der Waals surface area (Å²) in [4.78, 5) is 27.8. The minimum atomic E-state index is -0.582. The third-order valence-corrected chi connectivity index (χ3v) is 7.06. The summed E-state index contributed by atoms with van der Waals surface area (Å²) in [5.74, 6) is 0.799. The molecule has 0 bridgehead atoms. The zero-order valence-corrected chi connectivity index (χ0v) is 21.7. The van der Waals surface area contributed by atoms with Gasteiger partial charge < -0.3 is 23.7 Å². The van der Waals surface area contributed by atoms with Crippen molar-refractivity contribution >= 4 is 5.97 Å². The molecule has 2 aromatic rings. The van der Waals surface area contributed by atoms with E-state index in [0.717, 1.165) is 42.0 Å². The minimum Gasteiger partial charge on any atom is -0.493 e. The van der Waals surface area contributed by atoms with Crippen LogP contribution < -0.4 is 14.9 Å². The van der Waals surface area contributed by atoms with E-state index in [-0.39, 0.29) is 29.1 Å². The first-order chi connectivity index (χ1) is 16.7. The highest BCUT2D eigenvalue weighted by atomic mass is 16.5. The van der Waals surface area contributed by atoms with Crippen molar-refractivity contribution in [3.63, 3.8) is 0 Å². The quantitative estimate of drug-likeness (QED) is 0.401. The number of carbonyl (C=O) groups excluding carboxylic acids is 1. The molecule has 0 saturated carbocycles. The zero-order chi connectivity index (χ0) is 25.2. The van der Waals surface area contributed by atoms with Gasteiger partial charge in [0.15, 0.2) is 16.9 Å². The van der Waals surface area contributed by atoms with Gasteiger partial charge in [-0.2, -0.15) is 0 Å². The normalized spacial score (nSPS) is 17.6. The van der Waals surface area contributed by atoms with E-state index in [2.05, 4.69) is 36.3 Å². The molecule has 1 saturated heterocycles. The molecule has 2 aliphatic heterocycles. The van der Waals surface area contributed by atoms with Crippen molar-refractivity contribution in [2.75, 3.05) is 40.0 Å². The van der Waals surface area contributed by atoms with Gasteiger partial charge in [0, 0.05) is 30.4 Å². The summed E-state index contributed by atoms with van der Waals surface area (Å²) in [5.41, 5.74) is 2.45. The van der Waals surface area contributed by atoms with E-state index < -0.39 is 5.97 Å². The monoisotopic (exact) mass is 482 g/mol. The van der Waals surface area contributed by atoms with Crippen molar-refractivity contribution in [2.45, 2.75) is 59.4 Å². The van der Waals surface area contributed by atoms with Crippen LogP contribution in [-0.4, -0.2) is 55.4 Å². The number of hydrogen-bond acceptors (Lipinski definition) is 6. The lowest BCUT2D eigenvalue weighted by atomic mass is 9.78. The number of aromatic nitrogens is 1. The fourth-order valence-electron chi connectivity index (χ4n) is 5.17. The van der Waals surface area contributed by atoms with Gasteiger partial charge in [-0.3, -0.25) is 4.79 Å². The summed E-state index contributed by atoms with van der Waals surface area (Å²) in [6, 6.07) is 5.63. The second kappa shape index (κ2) is 10.4. The van der Waals surface area contributed by atoms with Gasteiger partial charge in [-0.05, 0) is 68.8 Å². The molecule has 7 nitrogen and oxygen atoms in total. The summed E-state index contributed by atoms with van der Waals surface area (Å²) in [6.45, 7) is 12.5. The number of pyridine rings is 1. The van der Waals surface area contributed by atoms with Crippen molar-refractivity contribution in [3.05, 3.63) is 45.7 Å². The van der Waals surface area contributed by atoms with E-state index in [0.29, 0.717) is 12.4 Å². The molecule has 4 rings (SSSR count). The van der Waals surface area contributed by atoms with Crippen LogP contribution >= 0.6 is 0 Å². The molecule has 35 heavy (non-hydrogen) atoms. The Kier molecular flexibility index (Phi) is 7.55. The number of carbonyl (C=O) groups is 1. The number of rotatable bonds is 8. The summed E-state index contributed by atoms with van der Waals surface area (Å²) in [5, 5.41) is 0. The Hall–Kier alpha value is -2.80. The van der Waals surface area contributed by atoms with E-state index in [4.69, 9.17) is 14.2 Å². The molecule has 190 valence electrons. The molecule has 0 aliphatic carbocycles. The van der Waals surface area contributed by atoms with Crippen LogP contribution in [0.15, 0.2) is 29.2 Å². The van der Waals surface area contributed by atoms with Crippen LogP contribution in [0.25, 0.3) is 11.3 Å². The Labute approximate surface area is 208 Å². The molecule has 0 N–H and O–H groups in total. The van der Waals surface area contributed by atoms with Gasteiger partial charge in [0.05, 0.1) is 26.0 Å². The maximum absolute atomic E-state index is 12.9. The van der Waals surface area contributed by atoms with E-state index in [9.17, 15) is 9.59 Å². The van der Waals surface area contributed by atoms with Crippen LogP contribution in [0.3, 0.4) is 0 Å². The summed E-state index contributed by atoms with van der Waals surface area (Å²) in [7, 11) is 1.64. The van der Waals surface area contributed by atoms with E-state index in [1.165, 1.54) is 25.9 Å². The van der Waals surface area contributed by atoms with Crippen LogP contribution in [0.5, 0.6) is 11.5 Å². The zero-order valence-electron chi connectivity index (χ0n) is 21.7. The number of methoxy groups -OCH3 is 1. The number of nitrogens with zero attached hydrogens (tertiary/aromatic N) is 2. The number of likely N-dealkylation sites (tertiary alicyclic amines) is 1. The molecule has 1 fully saturated rings. The third kappa shape index (κ3) is 5.40. The molecule has 1 aromatic heterocycles. The minimum absolute atomic E-state index is 0.0511. The second-order valence-corrected chi connectivity index (χ2v) is 10.6. The van der Waals surface area contributed by atoms with Gasteiger partial charge in [-0.15, -0.1) is 0 Å². The Bertz CT molecular complexity index is 1130. The maximum atomic E-state index is 12.9. The van der Waals surface area contributed by atoms with Crippen molar-refractivity contribution in [1.29, 1.82) is 0 Å². The molecule has 7 heteroatoms. The van der Waals surface area contributed by atoms with Crippen LogP contribution in [-0.2, 0) is 11.2 Å². The number of hydrogen-bond donors (Lipinski definition) is 0. The summed E-state index contributed by atoms with van der Waals surface area (Å²) < 4.78 is 19.1. The molecule has 0 amide bonds. The highest BCUT2D eigenvalue weighted by Gasteiger charge is 2.34. The molecule has 1 aromatic carbocycles. The lowest BCUT2D eigenvalue weighted by Gasteiger charge is -2.39. The number of esters is 1. The Morgan fingerprint density at radius 3 is 2.51 bits per heavy atom. The largest absolute Gasteiger partial charge is 0.493 e. The van der Waals surface area contributed by atoms with Crippen molar-refractivity contribution in [3.8, 4) is 22.8 Å². The SMILES string of the molecule is CCOC(=O)c1cn2c(cc1=O)-c1cc(OC)c(OCCCN3CCCC3)cc1CC2C(C)(C)C. The molecule has 1 atom stereocenters. The van der Waals surface area contributed by atoms with Crippen LogP contribution in [0.1, 0.15) is 68.9 Å². The number of ether oxygens (including phenoxy) is 3. The Morgan fingerprint density at radius 1 is 1.11 bits per heavy atom. The highest BCUT2D eigenvalue weighted by Crippen LogP contribution is 2.45. The molecule has 3 heterocycles. The van der Waals surface area contributed by atoms with Gasteiger partial charge in [0.25, 0.3) is 0 Å². The molecule has 1 unspecified atom stereocenters. The van der Waals surface area contributed by atoms with Gasteiger partial charge in [-0.1, -0.05) is 20.8 Å². The van der Waals surface area contributed by atoms with Gasteiger partial charge in [0.1, 0.15) is 5.56 Å². The van der Waals surface area contributed by atoms with E-state index in [1.54, 1.807) is 26.3 Å². The fourth-order valence-corrected chi connectivity index (χ4v) is 5.17. The lowest BCUT2D eigenvalue weighted by Crippen LogP contribution is -2.33. The average Bonchev–Trinajstić information content (AvgIpc) is 3.33. The highest BCUT2D eigenvalue weighted by molar-refractivity contribution is 5.89. The second-order valence-electron chi connectivity index (χ2n) is 10.6. The van der Waals surface area contributed by atoms with Crippen molar-refractivity contribution in [1.82, 2.24) is 9.47 Å². The smallest absolute Gasteiger partial charge is 0.343 e. The van der Waals surface area contributed by atoms with Gasteiger partial charge in [-0.25, -0.2) is 4.79 Å². The Morgan fingerprint density at radius 2 is 1.86 bits per heavy atom. The lowest BCUT2D eigenvalue weighted by molar-refractivity contribution is 0.0523. The molecule has 2 aliphatic rings. The average molecular weight is 483 g/mol. The molecular formula is C28H38N2O5. The molecule has 0 spiro atoms. The first-order valence-corrected chi connectivity index (χ1v) is 12.7. The van der Waals surface area contributed by atoms with E-state index >= 15 is 0 Å². The first-order valence-electron chi connectivity index (χ1n) is 12.7. The Balaban J connectivity index is 1.68. The number of fused-ring (bicyclic) bond motifs is 3. The standard InChI is InChI=1S/C28H38N2O5/c1-6-34-27(32)21-18-30-22(17-23(21)31)20-16-24(33-5)25(14-19(20)15-26(30)28(2,3)4)35-13-9-12-29-10-7-8-11-29/h14,16-18,26H,6-13,15H2,1-5H3. The summed E-state index contributed by atoms with van der Waals surface area (Å²) in [6.07, 6.45) is 5.98. The predicted molar refractivity (Wildman–Crippen MR) is 137 cm³/mol. The van der Waals surface area contributed by atoms with Crippen molar-refractivity contribution in [2.24, 2.45) is 5.41 Å². The number of benzene rings is 1. The van der Waals surface area contributed by atoms with Gasteiger partial charge >= 0.3 is 5.97 Å². The van der Waals surface area contributed by atoms with Crippen LogP contribution in [0.2, 0.25) is 0 Å².